The maximum atomic E-state index is 11.6. The Morgan fingerprint density at radius 2 is 1.92 bits per heavy atom. The highest BCUT2D eigenvalue weighted by atomic mass is 32.7. The summed E-state index contributed by atoms with van der Waals surface area (Å²) in [5.41, 5.74) is 0. The molecule has 0 aliphatic rings. The van der Waals surface area contributed by atoms with Crippen LogP contribution in [0.25, 0.3) is 0 Å². The van der Waals surface area contributed by atoms with E-state index in [0.717, 1.165) is 5.08 Å². The fourth-order valence-electron chi connectivity index (χ4n) is 0.571. The Hall–Kier alpha value is 0.890. The largest absolute Gasteiger partial charge is 0.322 e. The van der Waals surface area contributed by atoms with Gasteiger partial charge in [0.15, 0.2) is 0 Å². The summed E-state index contributed by atoms with van der Waals surface area (Å²) in [5, 5.41) is 0.831. The Bertz CT molecular complexity index is 189. The molecule has 0 aliphatic heterocycles. The molecule has 2 nitrogen and oxygen atoms in total. The molecule has 0 heterocycles. The van der Waals surface area contributed by atoms with Crippen LogP contribution in [-0.2, 0) is 9.09 Å². The van der Waals surface area contributed by atoms with Crippen LogP contribution in [0.1, 0.15) is 27.7 Å². The predicted octanol–water partition coefficient (Wildman–Crippen LogP) is 4.07. The summed E-state index contributed by atoms with van der Waals surface area (Å²) < 4.78 is 17.0. The highest BCUT2D eigenvalue weighted by Gasteiger charge is 2.18. The molecule has 5 heteroatoms. The monoisotopic (exact) mass is 242 g/mol. The lowest BCUT2D eigenvalue weighted by Gasteiger charge is -2.18. The van der Waals surface area contributed by atoms with Crippen LogP contribution >= 0.6 is 29.7 Å². The van der Waals surface area contributed by atoms with Crippen LogP contribution in [0.15, 0.2) is 0 Å². The highest BCUT2D eigenvalue weighted by molar-refractivity contribution is 8.58. The highest BCUT2D eigenvalue weighted by Crippen LogP contribution is 2.57. The van der Waals surface area contributed by atoms with Crippen molar-refractivity contribution in [3.05, 3.63) is 0 Å². The topological polar surface area (TPSA) is 26.3 Å². The van der Waals surface area contributed by atoms with Crippen LogP contribution in [-0.4, -0.2) is 23.1 Å². The third-order valence-electron chi connectivity index (χ3n) is 1.14. The molecule has 1 unspecified atom stereocenters. The SMILES string of the molecule is CCOP(C)(=O)SCSC(C)(C)C. The van der Waals surface area contributed by atoms with Crippen molar-refractivity contribution >= 4 is 29.7 Å². The van der Waals surface area contributed by atoms with E-state index in [-0.39, 0.29) is 4.75 Å². The number of thioether (sulfide) groups is 1. The Labute approximate surface area is 89.8 Å². The first-order valence-electron chi connectivity index (χ1n) is 4.27. The first-order valence-corrected chi connectivity index (χ1v) is 8.92. The summed E-state index contributed by atoms with van der Waals surface area (Å²) in [4.78, 5) is 0. The minimum absolute atomic E-state index is 0.235. The molecule has 0 radical (unpaired) electrons. The van der Waals surface area contributed by atoms with Gasteiger partial charge in [0.1, 0.15) is 0 Å². The summed E-state index contributed by atoms with van der Waals surface area (Å²) >= 11 is 3.22. The Morgan fingerprint density at radius 1 is 1.38 bits per heavy atom. The van der Waals surface area contributed by atoms with E-state index < -0.39 is 6.57 Å². The molecule has 0 spiro atoms. The van der Waals surface area contributed by atoms with Gasteiger partial charge in [-0.3, -0.25) is 4.57 Å². The molecular weight excluding hydrogens is 223 g/mol. The summed E-state index contributed by atoms with van der Waals surface area (Å²) in [6.07, 6.45) is 0. The molecular formula is C8H19O2PS2. The van der Waals surface area contributed by atoms with Crippen molar-refractivity contribution in [3.63, 3.8) is 0 Å². The lowest BCUT2D eigenvalue weighted by Crippen LogP contribution is -2.07. The third kappa shape index (κ3) is 9.20. The van der Waals surface area contributed by atoms with Gasteiger partial charge >= 0.3 is 0 Å². The van der Waals surface area contributed by atoms with E-state index in [2.05, 4.69) is 20.8 Å². The fraction of sp³-hybridized carbons (Fsp3) is 1.00. The van der Waals surface area contributed by atoms with E-state index in [9.17, 15) is 4.57 Å². The van der Waals surface area contributed by atoms with Gasteiger partial charge in [0.25, 0.3) is 6.57 Å². The molecule has 0 rings (SSSR count). The fourth-order valence-corrected chi connectivity index (χ4v) is 6.24. The number of rotatable bonds is 5. The molecule has 0 saturated carbocycles. The molecule has 0 N–H and O–H groups in total. The van der Waals surface area contributed by atoms with Gasteiger partial charge in [0, 0.05) is 16.5 Å². The van der Waals surface area contributed by atoms with E-state index >= 15 is 0 Å². The van der Waals surface area contributed by atoms with E-state index in [1.54, 1.807) is 18.4 Å². The van der Waals surface area contributed by atoms with Gasteiger partial charge in [-0.15, -0.1) is 11.8 Å². The molecule has 0 amide bonds. The molecule has 0 saturated heterocycles. The molecule has 0 aromatic rings. The molecule has 0 fully saturated rings. The zero-order valence-corrected chi connectivity index (χ0v) is 11.5. The molecule has 0 aromatic carbocycles. The first-order chi connectivity index (χ1) is 5.77. The molecule has 0 aliphatic carbocycles. The van der Waals surface area contributed by atoms with Crippen LogP contribution in [0.5, 0.6) is 0 Å². The third-order valence-corrected chi connectivity index (χ3v) is 6.77. The molecule has 0 aromatic heterocycles. The van der Waals surface area contributed by atoms with Gasteiger partial charge in [0.2, 0.25) is 0 Å². The predicted molar refractivity (Wildman–Crippen MR) is 65.0 cm³/mol. The second-order valence-electron chi connectivity index (χ2n) is 3.69. The standard InChI is InChI=1S/C8H19O2PS2/c1-6-10-11(5,9)13-7-12-8(2,3)4/h6-7H2,1-5H3. The Balaban J connectivity index is 3.70. The normalized spacial score (nSPS) is 17.0. The molecule has 1 atom stereocenters. The van der Waals surface area contributed by atoms with E-state index in [4.69, 9.17) is 4.52 Å². The van der Waals surface area contributed by atoms with Gasteiger partial charge in [-0.25, -0.2) is 0 Å². The number of hydrogen-bond acceptors (Lipinski definition) is 4. The van der Waals surface area contributed by atoms with Crippen LogP contribution < -0.4 is 0 Å². The van der Waals surface area contributed by atoms with Gasteiger partial charge in [-0.1, -0.05) is 32.2 Å². The Kier molecular flexibility index (Phi) is 6.08. The zero-order valence-electron chi connectivity index (χ0n) is 8.99. The lowest BCUT2D eigenvalue weighted by atomic mass is 10.3. The van der Waals surface area contributed by atoms with Crippen molar-refractivity contribution in [3.8, 4) is 0 Å². The van der Waals surface area contributed by atoms with E-state index in [1.807, 2.05) is 6.92 Å². The average molecular weight is 242 g/mol. The van der Waals surface area contributed by atoms with Gasteiger partial charge < -0.3 is 4.52 Å². The average Bonchev–Trinajstić information content (AvgIpc) is 1.82. The van der Waals surface area contributed by atoms with Crippen molar-refractivity contribution < 1.29 is 9.09 Å². The van der Waals surface area contributed by atoms with E-state index in [1.165, 1.54) is 11.4 Å². The first kappa shape index (κ1) is 13.9. The minimum Gasteiger partial charge on any atom is -0.322 e. The minimum atomic E-state index is -2.38. The molecule has 0 bridgehead atoms. The quantitative estimate of drug-likeness (QED) is 0.536. The van der Waals surface area contributed by atoms with Crippen LogP contribution in [0.3, 0.4) is 0 Å². The smallest absolute Gasteiger partial charge is 0.255 e. The van der Waals surface area contributed by atoms with Crippen molar-refractivity contribution in [1.82, 2.24) is 0 Å². The van der Waals surface area contributed by atoms with Crippen LogP contribution in [0.4, 0.5) is 0 Å². The molecule has 80 valence electrons. The summed E-state index contributed by atoms with van der Waals surface area (Å²) in [6, 6.07) is 0. The van der Waals surface area contributed by atoms with Crippen LogP contribution in [0.2, 0.25) is 0 Å². The van der Waals surface area contributed by atoms with Gasteiger partial charge in [0.05, 0.1) is 6.61 Å². The summed E-state index contributed by atoms with van der Waals surface area (Å²) in [6.45, 7) is 8.16. The van der Waals surface area contributed by atoms with Crippen molar-refractivity contribution in [2.24, 2.45) is 0 Å². The van der Waals surface area contributed by atoms with Gasteiger partial charge in [-0.05, 0) is 6.92 Å². The van der Waals surface area contributed by atoms with E-state index in [0.29, 0.717) is 6.61 Å². The number of hydrogen-bond donors (Lipinski definition) is 0. The Morgan fingerprint density at radius 3 is 2.31 bits per heavy atom. The van der Waals surface area contributed by atoms with Crippen molar-refractivity contribution in [2.75, 3.05) is 18.4 Å². The maximum absolute atomic E-state index is 11.6. The van der Waals surface area contributed by atoms with Crippen molar-refractivity contribution in [2.45, 2.75) is 32.4 Å². The summed E-state index contributed by atoms with van der Waals surface area (Å²) in [5.74, 6) is 0. The van der Waals surface area contributed by atoms with Crippen LogP contribution in [0, 0.1) is 0 Å². The molecule has 13 heavy (non-hydrogen) atoms. The van der Waals surface area contributed by atoms with Gasteiger partial charge in [-0.2, -0.15) is 0 Å². The van der Waals surface area contributed by atoms with Crippen molar-refractivity contribution in [1.29, 1.82) is 0 Å². The second-order valence-corrected chi connectivity index (χ2v) is 11.0. The second kappa shape index (κ2) is 5.69. The lowest BCUT2D eigenvalue weighted by molar-refractivity contribution is 0.350. The maximum Gasteiger partial charge on any atom is 0.255 e. The summed E-state index contributed by atoms with van der Waals surface area (Å²) in [7, 11) is 0. The zero-order chi connectivity index (χ0) is 10.5.